The predicted octanol–water partition coefficient (Wildman–Crippen LogP) is 2.10. The molecule has 0 bridgehead atoms. The number of carbonyl (C=O) groups is 1. The monoisotopic (exact) mass is 181 g/mol. The molecule has 1 saturated carbocycles. The van der Waals surface area contributed by atoms with Gasteiger partial charge in [-0.3, -0.25) is 4.79 Å². The molecule has 0 atom stereocenters. The van der Waals surface area contributed by atoms with Crippen molar-refractivity contribution in [3.05, 3.63) is 31.6 Å². The molecule has 0 aliphatic heterocycles. The fourth-order valence-electron chi connectivity index (χ4n) is 0.952. The van der Waals surface area contributed by atoms with Gasteiger partial charge < -0.3 is 0 Å². The van der Waals surface area contributed by atoms with Crippen molar-refractivity contribution in [1.29, 1.82) is 0 Å². The molecule has 0 N–H and O–H groups in total. The third kappa shape index (κ3) is 3.18. The van der Waals surface area contributed by atoms with Crippen LogP contribution in [0.2, 0.25) is 0 Å². The molecule has 0 heterocycles. The summed E-state index contributed by atoms with van der Waals surface area (Å²) in [5.41, 5.74) is 0. The van der Waals surface area contributed by atoms with Gasteiger partial charge in [-0.25, -0.2) is 0 Å². The third-order valence-electron chi connectivity index (χ3n) is 1.57. The maximum atomic E-state index is 11.4. The minimum Gasteiger partial charge on any atom is -0.298 e. The Morgan fingerprint density at radius 3 is 2.67 bits per heavy atom. The van der Waals surface area contributed by atoms with E-state index < -0.39 is 0 Å². The van der Waals surface area contributed by atoms with Crippen LogP contribution < -0.4 is 0 Å². The van der Waals surface area contributed by atoms with Gasteiger partial charge in [-0.15, -0.1) is 0 Å². The smallest absolute Gasteiger partial charge is 0.150 e. The van der Waals surface area contributed by atoms with Crippen LogP contribution in [0.3, 0.4) is 0 Å². The van der Waals surface area contributed by atoms with E-state index in [1.165, 1.54) is 0 Å². The zero-order valence-electron chi connectivity index (χ0n) is 7.25. The highest BCUT2D eigenvalue weighted by Gasteiger charge is 2.23. The van der Waals surface area contributed by atoms with Crippen LogP contribution in [-0.2, 0) is 4.79 Å². The van der Waals surface area contributed by atoms with Crippen LogP contribution in [0.1, 0.15) is 13.3 Å². The number of ketones is 1. The van der Waals surface area contributed by atoms with Crippen LogP contribution >= 0.6 is 11.8 Å². The number of hydrogen-bond donors (Lipinski definition) is 0. The molecule has 0 aromatic carbocycles. The van der Waals surface area contributed by atoms with E-state index in [-0.39, 0.29) is 5.78 Å². The van der Waals surface area contributed by atoms with E-state index in [1.54, 1.807) is 11.8 Å². The second-order valence-corrected chi connectivity index (χ2v) is 3.75. The Balaban J connectivity index is 2.10. The Bertz CT molecular complexity index is 139. The van der Waals surface area contributed by atoms with Crippen LogP contribution in [0, 0.1) is 31.6 Å². The second-order valence-electron chi connectivity index (χ2n) is 2.65. The average molecular weight is 181 g/mol. The first-order valence-corrected chi connectivity index (χ1v) is 5.32. The molecule has 1 nitrogen and oxygen atoms in total. The summed E-state index contributed by atoms with van der Waals surface area (Å²) in [6.07, 6.45) is 8.68. The molecule has 1 aliphatic carbocycles. The molecular weight excluding hydrogens is 168 g/mol. The number of hydrogen-bond acceptors (Lipinski definition) is 2. The molecule has 2 heteroatoms. The Morgan fingerprint density at radius 1 is 1.42 bits per heavy atom. The van der Waals surface area contributed by atoms with Crippen molar-refractivity contribution in [2.75, 3.05) is 11.5 Å². The van der Waals surface area contributed by atoms with Gasteiger partial charge in [0.1, 0.15) is 5.78 Å². The van der Waals surface area contributed by atoms with E-state index in [0.29, 0.717) is 5.75 Å². The first-order valence-electron chi connectivity index (χ1n) is 4.17. The van der Waals surface area contributed by atoms with Crippen LogP contribution in [-0.4, -0.2) is 17.3 Å². The van der Waals surface area contributed by atoms with Gasteiger partial charge in [0.25, 0.3) is 0 Å². The molecule has 1 aliphatic rings. The van der Waals surface area contributed by atoms with E-state index in [2.05, 4.69) is 6.92 Å². The topological polar surface area (TPSA) is 17.1 Å². The fraction of sp³-hybridized carbons (Fsp3) is 0.400. The SMILES string of the molecule is CCCSCC(=O)[C]1[CH][CH][CH][CH]1. The molecule has 0 unspecified atom stereocenters. The van der Waals surface area contributed by atoms with Gasteiger partial charge in [-0.2, -0.15) is 11.8 Å². The van der Waals surface area contributed by atoms with Gasteiger partial charge in [-0.1, -0.05) is 6.92 Å². The van der Waals surface area contributed by atoms with Crippen molar-refractivity contribution in [3.8, 4) is 0 Å². The van der Waals surface area contributed by atoms with Gasteiger partial charge in [0, 0.05) is 5.92 Å². The number of Topliss-reactive ketones (excluding diaryl/α,β-unsaturated/α-hetero) is 1. The zero-order chi connectivity index (χ0) is 8.81. The van der Waals surface area contributed by atoms with Crippen molar-refractivity contribution < 1.29 is 4.79 Å². The molecule has 1 fully saturated rings. The largest absolute Gasteiger partial charge is 0.298 e. The fourth-order valence-corrected chi connectivity index (χ4v) is 1.74. The van der Waals surface area contributed by atoms with Gasteiger partial charge >= 0.3 is 0 Å². The molecule has 0 aromatic rings. The molecule has 65 valence electrons. The first kappa shape index (κ1) is 10.1. The van der Waals surface area contributed by atoms with Crippen LogP contribution in [0.25, 0.3) is 0 Å². The Morgan fingerprint density at radius 2 is 2.08 bits per heavy atom. The summed E-state index contributed by atoms with van der Waals surface area (Å²) in [4.78, 5) is 11.4. The Hall–Kier alpha value is 0.0200. The van der Waals surface area contributed by atoms with E-state index >= 15 is 0 Å². The van der Waals surface area contributed by atoms with Gasteiger partial charge in [0.2, 0.25) is 0 Å². The maximum absolute atomic E-state index is 11.4. The minimum atomic E-state index is 0.249. The summed E-state index contributed by atoms with van der Waals surface area (Å²) >= 11 is 1.71. The van der Waals surface area contributed by atoms with Crippen molar-refractivity contribution >= 4 is 17.5 Å². The van der Waals surface area contributed by atoms with Crippen molar-refractivity contribution in [3.63, 3.8) is 0 Å². The quantitative estimate of drug-likeness (QED) is 0.604. The van der Waals surface area contributed by atoms with E-state index in [0.717, 1.165) is 18.1 Å². The lowest BCUT2D eigenvalue weighted by Gasteiger charge is -2.04. The summed E-state index contributed by atoms with van der Waals surface area (Å²) in [5, 5.41) is 0. The number of thioether (sulfide) groups is 1. The average Bonchev–Trinajstić information content (AvgIpc) is 2.56. The molecule has 1 rings (SSSR count). The highest BCUT2D eigenvalue weighted by molar-refractivity contribution is 7.99. The van der Waals surface area contributed by atoms with Gasteiger partial charge in [-0.05, 0) is 37.9 Å². The van der Waals surface area contributed by atoms with E-state index in [9.17, 15) is 4.79 Å². The summed E-state index contributed by atoms with van der Waals surface area (Å²) in [7, 11) is 0. The molecule has 0 amide bonds. The highest BCUT2D eigenvalue weighted by atomic mass is 32.2. The Kier molecular flexibility index (Phi) is 4.74. The summed E-state index contributed by atoms with van der Waals surface area (Å²) in [6, 6.07) is 0. The molecule has 0 spiro atoms. The van der Waals surface area contributed by atoms with Crippen molar-refractivity contribution in [1.82, 2.24) is 0 Å². The molecular formula is C10H13OS. The summed E-state index contributed by atoms with van der Waals surface area (Å²) in [5.74, 6) is 2.79. The molecule has 0 saturated heterocycles. The first-order chi connectivity index (χ1) is 5.84. The number of rotatable bonds is 5. The van der Waals surface area contributed by atoms with Crippen molar-refractivity contribution in [2.24, 2.45) is 0 Å². The normalized spacial score (nSPS) is 18.4. The molecule has 0 aromatic heterocycles. The highest BCUT2D eigenvalue weighted by Crippen LogP contribution is 2.24. The molecule has 12 heavy (non-hydrogen) atoms. The van der Waals surface area contributed by atoms with Crippen LogP contribution in [0.4, 0.5) is 0 Å². The van der Waals surface area contributed by atoms with Crippen LogP contribution in [0.5, 0.6) is 0 Å². The zero-order valence-corrected chi connectivity index (χ0v) is 8.06. The molecule has 5 radical (unpaired) electrons. The Labute approximate surface area is 79.3 Å². The minimum absolute atomic E-state index is 0.249. The predicted molar refractivity (Wildman–Crippen MR) is 53.1 cm³/mol. The van der Waals surface area contributed by atoms with Gasteiger partial charge in [0.05, 0.1) is 5.75 Å². The second kappa shape index (κ2) is 5.63. The van der Waals surface area contributed by atoms with E-state index in [4.69, 9.17) is 0 Å². The van der Waals surface area contributed by atoms with Crippen molar-refractivity contribution in [2.45, 2.75) is 13.3 Å². The lowest BCUT2D eigenvalue weighted by atomic mass is 10.0. The van der Waals surface area contributed by atoms with Crippen LogP contribution in [0.15, 0.2) is 0 Å². The van der Waals surface area contributed by atoms with Gasteiger partial charge in [0.15, 0.2) is 0 Å². The lowest BCUT2D eigenvalue weighted by molar-refractivity contribution is -0.114. The van der Waals surface area contributed by atoms with E-state index in [1.807, 2.05) is 25.7 Å². The summed E-state index contributed by atoms with van der Waals surface area (Å²) in [6.45, 7) is 2.12. The third-order valence-corrected chi connectivity index (χ3v) is 2.73. The summed E-state index contributed by atoms with van der Waals surface area (Å²) < 4.78 is 0. The number of carbonyl (C=O) groups excluding carboxylic acids is 1. The lowest BCUT2D eigenvalue weighted by Crippen LogP contribution is -2.12. The standard InChI is InChI=1S/C10H13OS/c1-2-7-12-8-10(11)9-5-3-4-6-9/h3-6H,2,7-8H2,1H3. The maximum Gasteiger partial charge on any atom is 0.150 e.